The molecule has 214 valence electrons. The number of nitrogens with one attached hydrogen (secondary N) is 1. The zero-order valence-electron chi connectivity index (χ0n) is 23.5. The first-order chi connectivity index (χ1) is 19.0. The summed E-state index contributed by atoms with van der Waals surface area (Å²) in [6.45, 7) is 7.37. The van der Waals surface area contributed by atoms with E-state index in [1.807, 2.05) is 45.0 Å². The van der Waals surface area contributed by atoms with Gasteiger partial charge < -0.3 is 15.0 Å². The largest absolute Gasteiger partial charge is 0.495 e. The van der Waals surface area contributed by atoms with Crippen molar-refractivity contribution < 1.29 is 22.7 Å². The first-order valence-electron chi connectivity index (χ1n) is 13.0. The van der Waals surface area contributed by atoms with Crippen LogP contribution >= 0.6 is 11.6 Å². The highest BCUT2D eigenvalue weighted by Crippen LogP contribution is 2.35. The Morgan fingerprint density at radius 1 is 1.00 bits per heavy atom. The summed E-state index contributed by atoms with van der Waals surface area (Å²) in [5, 5.41) is 3.11. The fraction of sp³-hybridized carbons (Fsp3) is 0.333. The van der Waals surface area contributed by atoms with Gasteiger partial charge in [-0.05, 0) is 63.1 Å². The van der Waals surface area contributed by atoms with Crippen LogP contribution < -0.4 is 14.4 Å². The molecule has 3 aromatic rings. The van der Waals surface area contributed by atoms with Crippen LogP contribution in [-0.2, 0) is 26.2 Å². The molecule has 1 atom stereocenters. The molecule has 0 saturated heterocycles. The van der Waals surface area contributed by atoms with Gasteiger partial charge in [0.2, 0.25) is 11.8 Å². The molecule has 10 heteroatoms. The van der Waals surface area contributed by atoms with E-state index in [0.29, 0.717) is 6.54 Å². The van der Waals surface area contributed by atoms with Gasteiger partial charge in [0.1, 0.15) is 18.3 Å². The normalized spacial score (nSPS) is 11.9. The van der Waals surface area contributed by atoms with Crippen LogP contribution in [0.15, 0.2) is 71.6 Å². The van der Waals surface area contributed by atoms with Gasteiger partial charge in [0.25, 0.3) is 10.0 Å². The standard InChI is InChI=1S/C30H36ClN3O5S/c1-6-16-32-30(36)23(4)33(19-24-9-7-8-22(3)17-24)29(35)20-34(27-18-25(31)12-15-28(27)39-5)40(37,38)26-13-10-21(2)11-14-26/h7-15,17-18,23H,6,16,19-20H2,1-5H3,(H,32,36)/t23-/m1/s1. The Bertz CT molecular complexity index is 1440. The Labute approximate surface area is 241 Å². The van der Waals surface area contributed by atoms with Gasteiger partial charge in [-0.2, -0.15) is 0 Å². The molecular weight excluding hydrogens is 550 g/mol. The van der Waals surface area contributed by atoms with Crippen molar-refractivity contribution in [3.8, 4) is 5.75 Å². The Kier molecular flexibility index (Phi) is 10.6. The summed E-state index contributed by atoms with van der Waals surface area (Å²) in [7, 11) is -2.83. The van der Waals surface area contributed by atoms with E-state index in [-0.39, 0.29) is 33.8 Å². The number of benzene rings is 3. The number of rotatable bonds is 12. The number of carbonyl (C=O) groups excluding carboxylic acids is 2. The molecular formula is C30H36ClN3O5S. The van der Waals surface area contributed by atoms with E-state index >= 15 is 0 Å². The highest BCUT2D eigenvalue weighted by molar-refractivity contribution is 7.92. The van der Waals surface area contributed by atoms with E-state index in [2.05, 4.69) is 5.32 Å². The number of carbonyl (C=O) groups is 2. The second kappa shape index (κ2) is 13.7. The van der Waals surface area contributed by atoms with Crippen molar-refractivity contribution >= 4 is 39.1 Å². The summed E-state index contributed by atoms with van der Waals surface area (Å²) in [4.78, 5) is 28.4. The van der Waals surface area contributed by atoms with Crippen molar-refractivity contribution in [2.75, 3.05) is 24.5 Å². The van der Waals surface area contributed by atoms with Crippen LogP contribution in [0.4, 0.5) is 5.69 Å². The predicted octanol–water partition coefficient (Wildman–Crippen LogP) is 5.10. The number of hydrogen-bond donors (Lipinski definition) is 1. The molecule has 1 N–H and O–H groups in total. The van der Waals surface area contributed by atoms with Crippen molar-refractivity contribution in [3.63, 3.8) is 0 Å². The van der Waals surface area contributed by atoms with Crippen molar-refractivity contribution in [2.24, 2.45) is 0 Å². The minimum atomic E-state index is -4.24. The summed E-state index contributed by atoms with van der Waals surface area (Å²) < 4.78 is 34.5. The quantitative estimate of drug-likeness (QED) is 0.319. The summed E-state index contributed by atoms with van der Waals surface area (Å²) in [6, 6.07) is 17.7. The average Bonchev–Trinajstić information content (AvgIpc) is 2.93. The molecule has 0 radical (unpaired) electrons. The predicted molar refractivity (Wildman–Crippen MR) is 158 cm³/mol. The third-order valence-electron chi connectivity index (χ3n) is 6.45. The SMILES string of the molecule is CCCNC(=O)[C@@H](C)N(Cc1cccc(C)c1)C(=O)CN(c1cc(Cl)ccc1OC)S(=O)(=O)c1ccc(C)cc1. The summed E-state index contributed by atoms with van der Waals surface area (Å²) in [5.74, 6) is -0.652. The zero-order chi connectivity index (χ0) is 29.4. The van der Waals surface area contributed by atoms with Crippen LogP contribution in [0.1, 0.15) is 37.0 Å². The molecule has 0 spiro atoms. The van der Waals surface area contributed by atoms with E-state index < -0.39 is 28.5 Å². The van der Waals surface area contributed by atoms with Crippen LogP contribution in [0.25, 0.3) is 0 Å². The fourth-order valence-corrected chi connectivity index (χ4v) is 5.78. The topological polar surface area (TPSA) is 96.0 Å². The van der Waals surface area contributed by atoms with Gasteiger partial charge >= 0.3 is 0 Å². The summed E-state index contributed by atoms with van der Waals surface area (Å²) in [5.41, 5.74) is 2.82. The minimum absolute atomic E-state index is 0.00639. The van der Waals surface area contributed by atoms with Gasteiger partial charge in [-0.1, -0.05) is 66.0 Å². The van der Waals surface area contributed by atoms with Crippen LogP contribution in [-0.4, -0.2) is 51.4 Å². The molecule has 0 saturated carbocycles. The minimum Gasteiger partial charge on any atom is -0.495 e. The van der Waals surface area contributed by atoms with Crippen LogP contribution in [0.2, 0.25) is 5.02 Å². The Balaban J connectivity index is 2.09. The van der Waals surface area contributed by atoms with Crippen molar-refractivity contribution in [1.29, 1.82) is 0 Å². The maximum absolute atomic E-state index is 14.0. The number of aryl methyl sites for hydroxylation is 2. The van der Waals surface area contributed by atoms with E-state index in [0.717, 1.165) is 27.4 Å². The van der Waals surface area contributed by atoms with E-state index in [1.165, 1.54) is 30.2 Å². The van der Waals surface area contributed by atoms with E-state index in [9.17, 15) is 18.0 Å². The number of methoxy groups -OCH3 is 1. The monoisotopic (exact) mass is 585 g/mol. The molecule has 0 aliphatic heterocycles. The van der Waals surface area contributed by atoms with Crippen LogP contribution in [0.5, 0.6) is 5.75 Å². The maximum Gasteiger partial charge on any atom is 0.264 e. The van der Waals surface area contributed by atoms with E-state index in [4.69, 9.17) is 16.3 Å². The highest BCUT2D eigenvalue weighted by Gasteiger charge is 2.34. The average molecular weight is 586 g/mol. The Hall–Kier alpha value is -3.56. The van der Waals surface area contributed by atoms with Crippen LogP contribution in [0, 0.1) is 13.8 Å². The van der Waals surface area contributed by atoms with Crippen LogP contribution in [0.3, 0.4) is 0 Å². The molecule has 3 aromatic carbocycles. The number of hydrogen-bond acceptors (Lipinski definition) is 5. The molecule has 0 heterocycles. The lowest BCUT2D eigenvalue weighted by molar-refractivity contribution is -0.139. The molecule has 0 aliphatic carbocycles. The number of anilines is 1. The molecule has 2 amide bonds. The first kappa shape index (κ1) is 31.0. The number of nitrogens with zero attached hydrogens (tertiary/aromatic N) is 2. The maximum atomic E-state index is 14.0. The number of sulfonamides is 1. The molecule has 0 aliphatic rings. The smallest absolute Gasteiger partial charge is 0.264 e. The van der Waals surface area contributed by atoms with Gasteiger partial charge in [-0.15, -0.1) is 0 Å². The molecule has 40 heavy (non-hydrogen) atoms. The fourth-order valence-electron chi connectivity index (χ4n) is 4.19. The summed E-state index contributed by atoms with van der Waals surface area (Å²) in [6.07, 6.45) is 0.738. The zero-order valence-corrected chi connectivity index (χ0v) is 25.1. The number of halogens is 1. The number of ether oxygens (including phenoxy) is 1. The number of amides is 2. The van der Waals surface area contributed by atoms with Gasteiger partial charge in [-0.3, -0.25) is 13.9 Å². The van der Waals surface area contributed by atoms with Gasteiger partial charge in [0.15, 0.2) is 0 Å². The molecule has 0 aromatic heterocycles. The van der Waals surface area contributed by atoms with Crippen molar-refractivity contribution in [3.05, 3.63) is 88.4 Å². The Morgan fingerprint density at radius 2 is 1.70 bits per heavy atom. The molecule has 3 rings (SSSR count). The van der Waals surface area contributed by atoms with Gasteiger partial charge in [0.05, 0.1) is 17.7 Å². The second-order valence-electron chi connectivity index (χ2n) is 9.62. The second-order valence-corrected chi connectivity index (χ2v) is 11.9. The lowest BCUT2D eigenvalue weighted by Crippen LogP contribution is -2.51. The molecule has 0 bridgehead atoms. The summed E-state index contributed by atoms with van der Waals surface area (Å²) >= 11 is 6.27. The van der Waals surface area contributed by atoms with Gasteiger partial charge in [-0.25, -0.2) is 8.42 Å². The molecule has 8 nitrogen and oxygen atoms in total. The Morgan fingerprint density at radius 3 is 2.33 bits per heavy atom. The molecule has 0 unspecified atom stereocenters. The third kappa shape index (κ3) is 7.55. The third-order valence-corrected chi connectivity index (χ3v) is 8.46. The highest BCUT2D eigenvalue weighted by atomic mass is 35.5. The molecule has 0 fully saturated rings. The lowest BCUT2D eigenvalue weighted by Gasteiger charge is -2.32. The van der Waals surface area contributed by atoms with Gasteiger partial charge in [0, 0.05) is 18.1 Å². The van der Waals surface area contributed by atoms with E-state index in [1.54, 1.807) is 31.2 Å². The first-order valence-corrected chi connectivity index (χ1v) is 14.9. The van der Waals surface area contributed by atoms with Crippen molar-refractivity contribution in [2.45, 2.75) is 51.6 Å². The lowest BCUT2D eigenvalue weighted by atomic mass is 10.1. The van der Waals surface area contributed by atoms with Crippen molar-refractivity contribution in [1.82, 2.24) is 10.2 Å².